The average molecular weight is 343 g/mol. The maximum absolute atomic E-state index is 6.08. The number of pyridine rings is 1. The van der Waals surface area contributed by atoms with Crippen molar-refractivity contribution < 1.29 is 0 Å². The van der Waals surface area contributed by atoms with Crippen LogP contribution in [-0.2, 0) is 6.42 Å². The van der Waals surface area contributed by atoms with Crippen molar-refractivity contribution in [3.63, 3.8) is 0 Å². The number of nitrogen functional groups attached to an aromatic ring is 1. The van der Waals surface area contributed by atoms with Gasteiger partial charge in [0.1, 0.15) is 5.82 Å². The molecule has 5 heteroatoms. The third-order valence-electron chi connectivity index (χ3n) is 3.48. The summed E-state index contributed by atoms with van der Waals surface area (Å²) in [5.41, 5.74) is 10.3. The van der Waals surface area contributed by atoms with Gasteiger partial charge in [-0.25, -0.2) is 4.98 Å². The zero-order valence-electron chi connectivity index (χ0n) is 14.3. The first-order valence-corrected chi connectivity index (χ1v) is 8.61. The van der Waals surface area contributed by atoms with Crippen LogP contribution in [0.2, 0.25) is 5.02 Å². The van der Waals surface area contributed by atoms with Gasteiger partial charge in [-0.3, -0.25) is 4.98 Å². The molecule has 2 heterocycles. The number of benzene rings is 1. The molecule has 0 saturated carbocycles. The first kappa shape index (κ1) is 18.0. The number of aryl methyl sites for hydroxylation is 1. The summed E-state index contributed by atoms with van der Waals surface area (Å²) >= 11 is 6.08. The van der Waals surface area contributed by atoms with Crippen molar-refractivity contribution in [1.82, 2.24) is 15.0 Å². The Morgan fingerprint density at radius 2 is 1.88 bits per heavy atom. The molecular formula is C19H23ClN4. The number of anilines is 1. The van der Waals surface area contributed by atoms with E-state index in [-0.39, 0.29) is 0 Å². The van der Waals surface area contributed by atoms with E-state index in [2.05, 4.69) is 27.9 Å². The van der Waals surface area contributed by atoms with E-state index in [9.17, 15) is 0 Å². The standard InChI is InChI=1S/C17H17ClN4.C2H6/c1-2-3-13-8-12(6-7-20-13)17-21-10-16(22-17)11-4-5-15(19)14(18)9-11;1-2/h4-10H,2-3,19H2,1H3,(H,21,22);1-2H3. The van der Waals surface area contributed by atoms with Gasteiger partial charge in [0.2, 0.25) is 0 Å². The van der Waals surface area contributed by atoms with Gasteiger partial charge in [-0.05, 0) is 30.7 Å². The zero-order chi connectivity index (χ0) is 17.5. The molecule has 0 radical (unpaired) electrons. The van der Waals surface area contributed by atoms with Crippen molar-refractivity contribution in [3.05, 3.63) is 53.4 Å². The molecule has 3 aromatic rings. The number of nitrogens with zero attached hydrogens (tertiary/aromatic N) is 2. The highest BCUT2D eigenvalue weighted by Gasteiger charge is 2.08. The summed E-state index contributed by atoms with van der Waals surface area (Å²) < 4.78 is 0. The fraction of sp³-hybridized carbons (Fsp3) is 0.263. The molecule has 0 fully saturated rings. The predicted octanol–water partition coefficient (Wildman–Crippen LogP) is 5.35. The summed E-state index contributed by atoms with van der Waals surface area (Å²) in [7, 11) is 0. The number of hydrogen-bond donors (Lipinski definition) is 2. The Bertz CT molecular complexity index is 796. The van der Waals surface area contributed by atoms with Crippen LogP contribution >= 0.6 is 11.6 Å². The molecule has 4 nitrogen and oxygen atoms in total. The van der Waals surface area contributed by atoms with Crippen LogP contribution in [0.15, 0.2) is 42.7 Å². The minimum absolute atomic E-state index is 0.544. The highest BCUT2D eigenvalue weighted by molar-refractivity contribution is 6.33. The molecule has 126 valence electrons. The number of hydrogen-bond acceptors (Lipinski definition) is 3. The van der Waals surface area contributed by atoms with Crippen LogP contribution in [0.4, 0.5) is 5.69 Å². The van der Waals surface area contributed by atoms with Crippen LogP contribution in [0.5, 0.6) is 0 Å². The average Bonchev–Trinajstić information content (AvgIpc) is 3.10. The molecule has 0 amide bonds. The molecular weight excluding hydrogens is 320 g/mol. The quantitative estimate of drug-likeness (QED) is 0.628. The van der Waals surface area contributed by atoms with E-state index in [0.717, 1.165) is 41.2 Å². The summed E-state index contributed by atoms with van der Waals surface area (Å²) in [5, 5.41) is 0.544. The molecule has 0 aliphatic heterocycles. The van der Waals surface area contributed by atoms with Crippen LogP contribution in [0.3, 0.4) is 0 Å². The lowest BCUT2D eigenvalue weighted by molar-refractivity contribution is 0.883. The molecule has 0 aliphatic carbocycles. The Labute approximate surface area is 148 Å². The van der Waals surface area contributed by atoms with Crippen LogP contribution in [0.25, 0.3) is 22.6 Å². The van der Waals surface area contributed by atoms with Crippen molar-refractivity contribution in [3.8, 4) is 22.6 Å². The number of aromatic nitrogens is 3. The predicted molar refractivity (Wildman–Crippen MR) is 102 cm³/mol. The number of nitrogens with one attached hydrogen (secondary N) is 1. The Morgan fingerprint density at radius 3 is 2.58 bits per heavy atom. The van der Waals surface area contributed by atoms with E-state index < -0.39 is 0 Å². The summed E-state index contributed by atoms with van der Waals surface area (Å²) in [4.78, 5) is 12.1. The number of imidazole rings is 1. The van der Waals surface area contributed by atoms with Gasteiger partial charge in [0.25, 0.3) is 0 Å². The minimum Gasteiger partial charge on any atom is -0.398 e. The van der Waals surface area contributed by atoms with E-state index in [4.69, 9.17) is 17.3 Å². The van der Waals surface area contributed by atoms with E-state index in [0.29, 0.717) is 10.7 Å². The van der Waals surface area contributed by atoms with E-state index in [1.54, 1.807) is 12.3 Å². The first-order chi connectivity index (χ1) is 11.7. The third kappa shape index (κ3) is 4.15. The number of H-pyrrole nitrogens is 1. The van der Waals surface area contributed by atoms with Crippen LogP contribution < -0.4 is 5.73 Å². The van der Waals surface area contributed by atoms with Gasteiger partial charge >= 0.3 is 0 Å². The highest BCUT2D eigenvalue weighted by Crippen LogP contribution is 2.27. The summed E-state index contributed by atoms with van der Waals surface area (Å²) in [6.07, 6.45) is 5.67. The van der Waals surface area contributed by atoms with Crippen molar-refractivity contribution >= 4 is 17.3 Å². The van der Waals surface area contributed by atoms with E-state index in [1.165, 1.54) is 0 Å². The van der Waals surface area contributed by atoms with Crippen LogP contribution in [0, 0.1) is 0 Å². The highest BCUT2D eigenvalue weighted by atomic mass is 35.5. The van der Waals surface area contributed by atoms with Crippen molar-refractivity contribution in [1.29, 1.82) is 0 Å². The molecule has 0 unspecified atom stereocenters. The van der Waals surface area contributed by atoms with Crippen molar-refractivity contribution in [2.75, 3.05) is 5.73 Å². The number of aromatic amines is 1. The maximum Gasteiger partial charge on any atom is 0.137 e. The minimum atomic E-state index is 0.544. The van der Waals surface area contributed by atoms with Gasteiger partial charge in [0.15, 0.2) is 0 Å². The molecule has 0 spiro atoms. The Hall–Kier alpha value is -2.33. The zero-order valence-corrected chi connectivity index (χ0v) is 15.1. The summed E-state index contributed by atoms with van der Waals surface area (Å²) in [5.74, 6) is 0.822. The van der Waals surface area contributed by atoms with Gasteiger partial charge < -0.3 is 10.7 Å². The number of rotatable bonds is 4. The first-order valence-electron chi connectivity index (χ1n) is 8.23. The summed E-state index contributed by atoms with van der Waals surface area (Å²) in [6.45, 7) is 6.14. The second-order valence-corrected chi connectivity index (χ2v) is 5.57. The second-order valence-electron chi connectivity index (χ2n) is 5.17. The van der Waals surface area contributed by atoms with Crippen molar-refractivity contribution in [2.45, 2.75) is 33.6 Å². The number of halogens is 1. The molecule has 0 atom stereocenters. The Balaban J connectivity index is 0.00000100. The van der Waals surface area contributed by atoms with Crippen LogP contribution in [-0.4, -0.2) is 15.0 Å². The summed E-state index contributed by atoms with van der Waals surface area (Å²) in [6, 6.07) is 9.58. The molecule has 1 aromatic carbocycles. The van der Waals surface area contributed by atoms with E-state index in [1.807, 2.05) is 38.2 Å². The van der Waals surface area contributed by atoms with E-state index >= 15 is 0 Å². The van der Waals surface area contributed by atoms with Gasteiger partial charge in [0, 0.05) is 23.0 Å². The maximum atomic E-state index is 6.08. The molecule has 3 N–H and O–H groups in total. The Morgan fingerprint density at radius 1 is 1.08 bits per heavy atom. The van der Waals surface area contributed by atoms with Crippen molar-refractivity contribution in [2.24, 2.45) is 0 Å². The topological polar surface area (TPSA) is 67.6 Å². The molecule has 3 rings (SSSR count). The van der Waals surface area contributed by atoms with Crippen LogP contribution in [0.1, 0.15) is 32.9 Å². The lowest BCUT2D eigenvalue weighted by atomic mass is 10.1. The lowest BCUT2D eigenvalue weighted by Gasteiger charge is -2.02. The molecule has 0 aliphatic rings. The van der Waals surface area contributed by atoms with Gasteiger partial charge in [0.05, 0.1) is 22.6 Å². The smallest absolute Gasteiger partial charge is 0.137 e. The Kier molecular flexibility index (Phi) is 6.38. The monoisotopic (exact) mass is 342 g/mol. The van der Waals surface area contributed by atoms with Gasteiger partial charge in [-0.1, -0.05) is 44.9 Å². The SMILES string of the molecule is CC.CCCc1cc(-c2ncc(-c3ccc(N)c(Cl)c3)[nH]2)ccn1. The van der Waals surface area contributed by atoms with Gasteiger partial charge in [-0.2, -0.15) is 0 Å². The fourth-order valence-electron chi connectivity index (χ4n) is 2.33. The fourth-order valence-corrected chi connectivity index (χ4v) is 2.51. The lowest BCUT2D eigenvalue weighted by Crippen LogP contribution is -1.90. The second kappa shape index (κ2) is 8.50. The molecule has 0 bridgehead atoms. The van der Waals surface area contributed by atoms with Gasteiger partial charge in [-0.15, -0.1) is 0 Å². The normalized spacial score (nSPS) is 10.2. The molecule has 24 heavy (non-hydrogen) atoms. The molecule has 2 aromatic heterocycles. The molecule has 0 saturated heterocycles. The largest absolute Gasteiger partial charge is 0.398 e. The third-order valence-corrected chi connectivity index (χ3v) is 3.81. The number of nitrogens with two attached hydrogens (primary N) is 1.